The van der Waals surface area contributed by atoms with Gasteiger partial charge in [0.25, 0.3) is 6.29 Å². The number of carboxylic acid groups (broad SMARTS) is 1. The van der Waals surface area contributed by atoms with Crippen LogP contribution in [0, 0.1) is 0 Å². The zero-order valence-corrected chi connectivity index (χ0v) is 60.9. The molecule has 0 aromatic rings. The Balaban J connectivity index is 4.16. The van der Waals surface area contributed by atoms with Crippen molar-refractivity contribution < 1.29 is 42.9 Å². The van der Waals surface area contributed by atoms with Gasteiger partial charge in [0.05, 0.1) is 34.4 Å². The number of carboxylic acids is 1. The third-order valence-corrected chi connectivity index (χ3v) is 16.4. The van der Waals surface area contributed by atoms with Gasteiger partial charge in [-0.1, -0.05) is 347 Å². The Morgan fingerprint density at radius 2 is 0.613 bits per heavy atom. The lowest BCUT2D eigenvalue weighted by Gasteiger charge is -2.25. The molecule has 93 heavy (non-hydrogen) atoms. The predicted octanol–water partition coefficient (Wildman–Crippen LogP) is 24.5. The SMILES string of the molecule is CC/C=C\C/C=C\C/C=C\C/C=C\C/C=C\C/C=C\C/C=C\C/C=C\C/C=C\C/C=C\C/C=C\CCCCCCCC(=O)OC(COC(=O)CCCCCCCCCCCCCCCCCCCCCCCCCCCCCCC)COC(OCC[N+](C)(C)C)C(=O)O. The van der Waals surface area contributed by atoms with E-state index < -0.39 is 24.3 Å². The van der Waals surface area contributed by atoms with Crippen molar-refractivity contribution in [3.63, 3.8) is 0 Å². The van der Waals surface area contributed by atoms with Crippen LogP contribution in [0.4, 0.5) is 0 Å². The molecule has 532 valence electrons. The van der Waals surface area contributed by atoms with E-state index in [1.807, 2.05) is 21.1 Å². The molecular weight excluding hydrogens is 1150 g/mol. The number of likely N-dealkylation sites (N-methyl/N-ethyl adjacent to an activating group) is 1. The van der Waals surface area contributed by atoms with Crippen LogP contribution < -0.4 is 0 Å². The first kappa shape index (κ1) is 88.4. The summed E-state index contributed by atoms with van der Waals surface area (Å²) in [6.45, 7) is 4.77. The maximum absolute atomic E-state index is 13.0. The lowest BCUT2D eigenvalue weighted by molar-refractivity contribution is -0.870. The lowest BCUT2D eigenvalue weighted by atomic mass is 10.0. The number of rotatable bonds is 70. The van der Waals surface area contributed by atoms with Crippen LogP contribution in [0.15, 0.2) is 134 Å². The molecule has 0 aromatic heterocycles. The molecule has 9 nitrogen and oxygen atoms in total. The van der Waals surface area contributed by atoms with Crippen LogP contribution in [0.25, 0.3) is 0 Å². The molecule has 0 aliphatic carbocycles. The highest BCUT2D eigenvalue weighted by Gasteiger charge is 2.25. The first-order valence-electron chi connectivity index (χ1n) is 38.3. The molecule has 2 unspecified atom stereocenters. The van der Waals surface area contributed by atoms with Gasteiger partial charge in [0.15, 0.2) is 6.10 Å². The van der Waals surface area contributed by atoms with Gasteiger partial charge in [-0.2, -0.15) is 0 Å². The molecule has 0 radical (unpaired) electrons. The number of hydrogen-bond donors (Lipinski definition) is 1. The highest BCUT2D eigenvalue weighted by atomic mass is 16.7. The van der Waals surface area contributed by atoms with E-state index in [4.69, 9.17) is 18.9 Å². The van der Waals surface area contributed by atoms with Gasteiger partial charge in [-0.15, -0.1) is 0 Å². The van der Waals surface area contributed by atoms with Crippen molar-refractivity contribution in [2.75, 3.05) is 47.5 Å². The van der Waals surface area contributed by atoms with Crippen molar-refractivity contribution in [3.8, 4) is 0 Å². The Morgan fingerprint density at radius 1 is 0.333 bits per heavy atom. The van der Waals surface area contributed by atoms with Crippen LogP contribution in [0.5, 0.6) is 0 Å². The highest BCUT2D eigenvalue weighted by molar-refractivity contribution is 5.71. The molecule has 0 aliphatic heterocycles. The van der Waals surface area contributed by atoms with E-state index in [0.717, 1.165) is 122 Å². The van der Waals surface area contributed by atoms with Gasteiger partial charge in [0, 0.05) is 12.8 Å². The summed E-state index contributed by atoms with van der Waals surface area (Å²) in [5.41, 5.74) is 0. The second kappa shape index (κ2) is 73.2. The fourth-order valence-corrected chi connectivity index (χ4v) is 10.6. The number of ether oxygens (including phenoxy) is 4. The van der Waals surface area contributed by atoms with Crippen molar-refractivity contribution >= 4 is 17.9 Å². The Hall–Kier alpha value is -4.57. The van der Waals surface area contributed by atoms with Crippen LogP contribution in [0.2, 0.25) is 0 Å². The van der Waals surface area contributed by atoms with Gasteiger partial charge in [-0.3, -0.25) is 9.59 Å². The molecule has 0 saturated heterocycles. The summed E-state index contributed by atoms with van der Waals surface area (Å²) >= 11 is 0. The first-order valence-corrected chi connectivity index (χ1v) is 38.3. The zero-order valence-electron chi connectivity index (χ0n) is 60.9. The molecule has 0 fully saturated rings. The third-order valence-electron chi connectivity index (χ3n) is 16.4. The molecule has 1 N–H and O–H groups in total. The van der Waals surface area contributed by atoms with Gasteiger partial charge in [0.1, 0.15) is 13.2 Å². The number of quaternary nitrogens is 1. The molecule has 2 atom stereocenters. The normalized spacial score (nSPS) is 13.4. The monoisotopic (exact) mass is 1300 g/mol. The quantitative estimate of drug-likeness (QED) is 0.0211. The fourth-order valence-electron chi connectivity index (χ4n) is 10.6. The number of allylic oxidation sites excluding steroid dienone is 22. The van der Waals surface area contributed by atoms with E-state index in [9.17, 15) is 19.5 Å². The van der Waals surface area contributed by atoms with Gasteiger partial charge in [0.2, 0.25) is 0 Å². The first-order chi connectivity index (χ1) is 45.6. The molecule has 0 aliphatic rings. The van der Waals surface area contributed by atoms with E-state index in [0.29, 0.717) is 23.9 Å². The van der Waals surface area contributed by atoms with E-state index in [-0.39, 0.29) is 32.2 Å². The third kappa shape index (κ3) is 74.7. The summed E-state index contributed by atoms with van der Waals surface area (Å²) in [7, 11) is 5.97. The van der Waals surface area contributed by atoms with E-state index in [1.54, 1.807) is 0 Å². The van der Waals surface area contributed by atoms with Crippen LogP contribution >= 0.6 is 0 Å². The molecule has 0 saturated carbocycles. The van der Waals surface area contributed by atoms with Crippen molar-refractivity contribution in [1.82, 2.24) is 0 Å². The highest BCUT2D eigenvalue weighted by Crippen LogP contribution is 2.18. The van der Waals surface area contributed by atoms with Crippen LogP contribution in [-0.2, 0) is 33.3 Å². The van der Waals surface area contributed by atoms with Crippen LogP contribution in [0.3, 0.4) is 0 Å². The second-order valence-electron chi connectivity index (χ2n) is 26.6. The van der Waals surface area contributed by atoms with Gasteiger partial charge in [-0.25, -0.2) is 4.79 Å². The smallest absolute Gasteiger partial charge is 0.361 e. The summed E-state index contributed by atoms with van der Waals surface area (Å²) in [5.74, 6) is -2.03. The van der Waals surface area contributed by atoms with Crippen LogP contribution in [-0.4, -0.2) is 87.4 Å². The summed E-state index contributed by atoms with van der Waals surface area (Å²) in [6, 6.07) is 0. The average Bonchev–Trinajstić information content (AvgIpc) is 3.38. The Bertz CT molecular complexity index is 2000. The van der Waals surface area contributed by atoms with E-state index >= 15 is 0 Å². The number of aliphatic carboxylic acids is 1. The Labute approximate surface area is 573 Å². The van der Waals surface area contributed by atoms with Crippen LogP contribution in [0.1, 0.15) is 322 Å². The maximum atomic E-state index is 13.0. The number of hydrogen-bond acceptors (Lipinski definition) is 7. The van der Waals surface area contributed by atoms with Crippen molar-refractivity contribution in [2.45, 2.75) is 334 Å². The summed E-state index contributed by atoms with van der Waals surface area (Å²) in [5, 5.41) is 9.76. The summed E-state index contributed by atoms with van der Waals surface area (Å²) in [4.78, 5) is 37.7. The van der Waals surface area contributed by atoms with Crippen molar-refractivity contribution in [3.05, 3.63) is 134 Å². The lowest BCUT2D eigenvalue weighted by Crippen LogP contribution is -2.40. The average molecular weight is 1300 g/mol. The van der Waals surface area contributed by atoms with Gasteiger partial charge in [-0.05, 0) is 96.3 Å². The number of nitrogens with zero attached hydrogens (tertiary/aromatic N) is 1. The fraction of sp³-hybridized carbons (Fsp3) is 0.702. The Kier molecular flexibility index (Phi) is 69.6. The topological polar surface area (TPSA) is 108 Å². The second-order valence-corrected chi connectivity index (χ2v) is 26.6. The molecule has 0 heterocycles. The Morgan fingerprint density at radius 3 is 0.914 bits per heavy atom. The molecule has 0 amide bonds. The predicted molar refractivity (Wildman–Crippen MR) is 401 cm³/mol. The van der Waals surface area contributed by atoms with Crippen molar-refractivity contribution in [2.24, 2.45) is 0 Å². The van der Waals surface area contributed by atoms with Gasteiger partial charge >= 0.3 is 17.9 Å². The maximum Gasteiger partial charge on any atom is 0.361 e. The molecular formula is C84H144NO8+. The van der Waals surface area contributed by atoms with E-state index in [2.05, 4.69) is 148 Å². The number of carbonyl (C=O) groups is 3. The van der Waals surface area contributed by atoms with Gasteiger partial charge < -0.3 is 28.5 Å². The molecule has 0 aromatic carbocycles. The summed E-state index contributed by atoms with van der Waals surface area (Å²) < 4.78 is 23.0. The largest absolute Gasteiger partial charge is 0.477 e. The number of unbranched alkanes of at least 4 members (excludes halogenated alkanes) is 33. The minimum absolute atomic E-state index is 0.179. The number of esters is 2. The minimum Gasteiger partial charge on any atom is -0.477 e. The molecule has 0 spiro atoms. The zero-order chi connectivity index (χ0) is 67.5. The summed E-state index contributed by atoms with van der Waals surface area (Å²) in [6.07, 6.45) is 103. The molecule has 9 heteroatoms. The van der Waals surface area contributed by atoms with Crippen molar-refractivity contribution in [1.29, 1.82) is 0 Å². The minimum atomic E-state index is -1.52. The molecule has 0 bridgehead atoms. The standard InChI is InChI=1S/C84H143NO8/c1-6-8-10-12-14-16-18-20-22-24-26-28-30-32-34-36-37-38-39-40-41-42-43-44-45-47-49-51-53-55-57-59-61-63-65-67-69-71-73-75-82(87)93-80(79-92-84(83(88)89)90-77-76-85(3,4)5)78-91-81(86)74-72-70-68-66-64-62-60-58-56-54-52-50-48-46-35-33-31-29-27-25-23-21-19-17-15-13-11-9-7-2/h8,10,14,16,20,22,26,28,32,34,37-38,40-41,43-44,47,49,53,55,59,61,80,84H,6-7,9,11-13,15,17-19,21,23-25,27,29-31,33,35-36,39,42,45-46,48,50-52,54,56-58,60,62-79H2,1-5H3/p+1/b10-8-,16-14-,22-20-,28-26-,34-32-,38-37-,41-40-,44-43-,49-47-,55-53-,61-59-. The number of carbonyl (C=O) groups excluding carboxylic acids is 2. The van der Waals surface area contributed by atoms with E-state index in [1.165, 1.54) is 167 Å². The molecule has 0 rings (SSSR count).